The zero-order chi connectivity index (χ0) is 21.3. The first-order chi connectivity index (χ1) is 14.3. The van der Waals surface area contributed by atoms with Gasteiger partial charge in [-0.3, -0.25) is 4.98 Å². The van der Waals surface area contributed by atoms with Crippen molar-refractivity contribution in [3.63, 3.8) is 0 Å². The summed E-state index contributed by atoms with van der Waals surface area (Å²) in [7, 11) is 0. The summed E-state index contributed by atoms with van der Waals surface area (Å²) in [6, 6.07) is 10.7. The van der Waals surface area contributed by atoms with Crippen molar-refractivity contribution in [1.82, 2.24) is 25.4 Å². The molecule has 0 amide bonds. The molecule has 0 atom stereocenters. The quantitative estimate of drug-likeness (QED) is 0.526. The predicted octanol–water partition coefficient (Wildman–Crippen LogP) is 3.47. The van der Waals surface area contributed by atoms with Crippen LogP contribution in [-0.2, 0) is 12.8 Å². The maximum atomic E-state index is 12.7. The standard InChI is InChI=1S/C19H12F3N7O/c20-19(21,22)15-4-3-11(8-25-15)10-1-2-12(13(5-10)7-23)9-30-14-6-16(24)26-18-17(14)27-29-28-18/h1-6,8H,9H2,(H3,24,26,27,28,29). The van der Waals surface area contributed by atoms with Crippen LogP contribution >= 0.6 is 0 Å². The lowest BCUT2D eigenvalue weighted by atomic mass is 10.0. The predicted molar refractivity (Wildman–Crippen MR) is 99.8 cm³/mol. The molecule has 0 saturated carbocycles. The Morgan fingerprint density at radius 2 is 1.93 bits per heavy atom. The number of nitrogens with zero attached hydrogens (tertiary/aromatic N) is 5. The Morgan fingerprint density at radius 3 is 2.63 bits per heavy atom. The highest BCUT2D eigenvalue weighted by Gasteiger charge is 2.32. The van der Waals surface area contributed by atoms with E-state index in [0.717, 1.165) is 12.3 Å². The fourth-order valence-electron chi connectivity index (χ4n) is 2.81. The van der Waals surface area contributed by atoms with Crippen LogP contribution in [0, 0.1) is 11.3 Å². The molecule has 4 rings (SSSR count). The number of fused-ring (bicyclic) bond motifs is 1. The van der Waals surface area contributed by atoms with Gasteiger partial charge in [-0.25, -0.2) is 10.1 Å². The van der Waals surface area contributed by atoms with Crippen LogP contribution < -0.4 is 10.5 Å². The number of hydrogen-bond acceptors (Lipinski definition) is 7. The molecule has 4 aromatic rings. The summed E-state index contributed by atoms with van der Waals surface area (Å²) < 4.78 is 43.8. The fourth-order valence-corrected chi connectivity index (χ4v) is 2.81. The van der Waals surface area contributed by atoms with Crippen molar-refractivity contribution in [2.75, 3.05) is 5.73 Å². The number of halogens is 3. The molecule has 1 aromatic carbocycles. The van der Waals surface area contributed by atoms with Crippen LogP contribution in [0.25, 0.3) is 22.3 Å². The average molecular weight is 411 g/mol. The van der Waals surface area contributed by atoms with Crippen LogP contribution in [0.15, 0.2) is 42.6 Å². The second kappa shape index (κ2) is 7.32. The third-order valence-corrected chi connectivity index (χ3v) is 4.28. The molecule has 0 spiro atoms. The van der Waals surface area contributed by atoms with Gasteiger partial charge in [0, 0.05) is 23.4 Å². The lowest BCUT2D eigenvalue weighted by molar-refractivity contribution is -0.141. The molecule has 3 N–H and O–H groups in total. The molecule has 0 aliphatic rings. The highest BCUT2D eigenvalue weighted by molar-refractivity contribution is 5.79. The van der Waals surface area contributed by atoms with E-state index in [2.05, 4.69) is 31.4 Å². The van der Waals surface area contributed by atoms with Gasteiger partial charge in [0.2, 0.25) is 0 Å². The van der Waals surface area contributed by atoms with Crippen LogP contribution in [0.1, 0.15) is 16.8 Å². The Hall–Kier alpha value is -4.20. The van der Waals surface area contributed by atoms with Gasteiger partial charge in [0.05, 0.1) is 11.6 Å². The topological polar surface area (TPSA) is 126 Å². The van der Waals surface area contributed by atoms with E-state index >= 15 is 0 Å². The molecule has 0 fully saturated rings. The Morgan fingerprint density at radius 1 is 1.13 bits per heavy atom. The highest BCUT2D eigenvalue weighted by Crippen LogP contribution is 2.30. The van der Waals surface area contributed by atoms with Gasteiger partial charge in [-0.15, -0.1) is 5.10 Å². The molecule has 11 heteroatoms. The monoisotopic (exact) mass is 411 g/mol. The molecule has 0 aliphatic heterocycles. The number of benzene rings is 1. The molecular formula is C19H12F3N7O. The SMILES string of the molecule is N#Cc1cc(-c2ccc(C(F)(F)F)nc2)ccc1COc1cc(N)nc2[nH]nnc12. The van der Waals surface area contributed by atoms with Crippen molar-refractivity contribution >= 4 is 17.0 Å². The smallest absolute Gasteiger partial charge is 0.433 e. The lowest BCUT2D eigenvalue weighted by Gasteiger charge is -2.11. The first-order valence-corrected chi connectivity index (χ1v) is 8.52. The number of H-pyrrole nitrogens is 1. The Labute approximate surface area is 167 Å². The van der Waals surface area contributed by atoms with Gasteiger partial charge in [-0.1, -0.05) is 23.4 Å². The number of nitrogens with two attached hydrogens (primary N) is 1. The average Bonchev–Trinajstić information content (AvgIpc) is 3.20. The zero-order valence-electron chi connectivity index (χ0n) is 15.1. The lowest BCUT2D eigenvalue weighted by Crippen LogP contribution is -2.07. The van der Waals surface area contributed by atoms with Gasteiger partial charge in [0.25, 0.3) is 0 Å². The molecule has 0 unspecified atom stereocenters. The van der Waals surface area contributed by atoms with E-state index in [1.165, 1.54) is 12.1 Å². The number of anilines is 1. The minimum Gasteiger partial charge on any atom is -0.486 e. The largest absolute Gasteiger partial charge is 0.486 e. The zero-order valence-corrected chi connectivity index (χ0v) is 15.1. The van der Waals surface area contributed by atoms with Crippen molar-refractivity contribution in [3.05, 3.63) is 59.4 Å². The van der Waals surface area contributed by atoms with E-state index in [9.17, 15) is 18.4 Å². The summed E-state index contributed by atoms with van der Waals surface area (Å²) in [6.45, 7) is 0.0415. The van der Waals surface area contributed by atoms with Gasteiger partial charge in [0.1, 0.15) is 18.1 Å². The Balaban J connectivity index is 1.58. The minimum atomic E-state index is -4.51. The van der Waals surface area contributed by atoms with Crippen LogP contribution in [0.2, 0.25) is 0 Å². The number of rotatable bonds is 4. The van der Waals surface area contributed by atoms with E-state index in [1.807, 2.05) is 0 Å². The van der Waals surface area contributed by atoms with Crippen molar-refractivity contribution in [2.45, 2.75) is 12.8 Å². The van der Waals surface area contributed by atoms with Gasteiger partial charge in [-0.2, -0.15) is 18.4 Å². The van der Waals surface area contributed by atoms with Crippen LogP contribution in [0.4, 0.5) is 19.0 Å². The summed E-state index contributed by atoms with van der Waals surface area (Å²) in [5.74, 6) is 0.570. The molecule has 3 heterocycles. The van der Waals surface area contributed by atoms with E-state index in [-0.39, 0.29) is 12.4 Å². The second-order valence-electron chi connectivity index (χ2n) is 6.26. The van der Waals surface area contributed by atoms with Gasteiger partial charge >= 0.3 is 6.18 Å². The number of nitriles is 1. The molecule has 150 valence electrons. The third-order valence-electron chi connectivity index (χ3n) is 4.28. The number of alkyl halides is 3. The maximum absolute atomic E-state index is 12.7. The number of nitrogen functional groups attached to an aromatic ring is 1. The van der Waals surface area contributed by atoms with E-state index in [4.69, 9.17) is 10.5 Å². The van der Waals surface area contributed by atoms with Crippen molar-refractivity contribution in [1.29, 1.82) is 5.26 Å². The minimum absolute atomic E-state index is 0.0415. The molecule has 0 aliphatic carbocycles. The molecule has 30 heavy (non-hydrogen) atoms. The van der Waals surface area contributed by atoms with Crippen LogP contribution in [0.3, 0.4) is 0 Å². The van der Waals surface area contributed by atoms with Crippen LogP contribution in [0.5, 0.6) is 5.75 Å². The first-order valence-electron chi connectivity index (χ1n) is 8.52. The maximum Gasteiger partial charge on any atom is 0.433 e. The number of aromatic amines is 1. The molecular weight excluding hydrogens is 399 g/mol. The Bertz CT molecular complexity index is 1260. The summed E-state index contributed by atoms with van der Waals surface area (Å²) in [5, 5.41) is 19.6. The summed E-state index contributed by atoms with van der Waals surface area (Å²) >= 11 is 0. The highest BCUT2D eigenvalue weighted by atomic mass is 19.4. The second-order valence-corrected chi connectivity index (χ2v) is 6.26. The number of nitrogens with one attached hydrogen (secondary N) is 1. The molecule has 3 aromatic heterocycles. The van der Waals surface area contributed by atoms with Crippen molar-refractivity contribution in [2.24, 2.45) is 0 Å². The third kappa shape index (κ3) is 3.70. The number of ether oxygens (including phenoxy) is 1. The fraction of sp³-hybridized carbons (Fsp3) is 0.105. The first kappa shape index (κ1) is 19.1. The molecule has 0 saturated heterocycles. The summed E-state index contributed by atoms with van der Waals surface area (Å²) in [6.07, 6.45) is -3.39. The summed E-state index contributed by atoms with van der Waals surface area (Å²) in [4.78, 5) is 7.49. The summed E-state index contributed by atoms with van der Waals surface area (Å²) in [5.41, 5.74) is 7.43. The van der Waals surface area contributed by atoms with Crippen LogP contribution in [-0.4, -0.2) is 25.4 Å². The van der Waals surface area contributed by atoms with Crippen molar-refractivity contribution in [3.8, 4) is 22.9 Å². The molecule has 8 nitrogen and oxygen atoms in total. The molecule has 0 bridgehead atoms. The van der Waals surface area contributed by atoms with Gasteiger partial charge in [0.15, 0.2) is 16.9 Å². The van der Waals surface area contributed by atoms with Gasteiger partial charge < -0.3 is 10.5 Å². The Kier molecular flexibility index (Phi) is 4.67. The van der Waals surface area contributed by atoms with E-state index in [0.29, 0.717) is 39.2 Å². The van der Waals surface area contributed by atoms with Gasteiger partial charge in [-0.05, 0) is 17.7 Å². The van der Waals surface area contributed by atoms with Crippen molar-refractivity contribution < 1.29 is 17.9 Å². The van der Waals surface area contributed by atoms with E-state index < -0.39 is 11.9 Å². The van der Waals surface area contributed by atoms with E-state index in [1.54, 1.807) is 18.2 Å². The molecule has 0 radical (unpaired) electrons. The number of pyridine rings is 2. The number of hydrogen-bond donors (Lipinski definition) is 2. The normalized spacial score (nSPS) is 11.4. The number of aromatic nitrogens is 5.